The van der Waals surface area contributed by atoms with Crippen molar-refractivity contribution in [3.8, 4) is 5.75 Å². The lowest BCUT2D eigenvalue weighted by molar-refractivity contribution is 0.335. The third kappa shape index (κ3) is 4.84. The van der Waals surface area contributed by atoms with Crippen molar-refractivity contribution in [3.63, 3.8) is 0 Å². The Balaban J connectivity index is 2.81. The molecule has 1 aromatic carbocycles. The van der Waals surface area contributed by atoms with Gasteiger partial charge in [0.1, 0.15) is 5.75 Å². The zero-order chi connectivity index (χ0) is 13.5. The zero-order valence-corrected chi connectivity index (χ0v) is 12.4. The minimum Gasteiger partial charge on any atom is -0.496 e. The van der Waals surface area contributed by atoms with E-state index in [2.05, 4.69) is 31.2 Å². The van der Waals surface area contributed by atoms with E-state index < -0.39 is 0 Å². The summed E-state index contributed by atoms with van der Waals surface area (Å²) in [5, 5.41) is 4.25. The largest absolute Gasteiger partial charge is 0.496 e. The predicted octanol–water partition coefficient (Wildman–Crippen LogP) is 2.43. The van der Waals surface area contributed by atoms with Gasteiger partial charge in [-0.3, -0.25) is 0 Å². The Kier molecular flexibility index (Phi) is 6.47. The van der Waals surface area contributed by atoms with Crippen molar-refractivity contribution in [2.24, 2.45) is 0 Å². The monoisotopic (exact) mass is 270 g/mol. The molecule has 1 N–H and O–H groups in total. The molecule has 0 aromatic heterocycles. The van der Waals surface area contributed by atoms with Gasteiger partial charge in [-0.15, -0.1) is 0 Å². The molecule has 1 rings (SSSR count). The summed E-state index contributed by atoms with van der Waals surface area (Å²) in [5.41, 5.74) is 1.15. The van der Waals surface area contributed by atoms with Gasteiger partial charge < -0.3 is 15.0 Å². The molecule has 4 heteroatoms. The van der Waals surface area contributed by atoms with Gasteiger partial charge in [0, 0.05) is 17.6 Å². The summed E-state index contributed by atoms with van der Waals surface area (Å²) in [6.07, 6.45) is 0.912. The number of ether oxygens (including phenoxy) is 1. The Morgan fingerprint density at radius 3 is 2.67 bits per heavy atom. The quantitative estimate of drug-likeness (QED) is 0.824. The van der Waals surface area contributed by atoms with Crippen molar-refractivity contribution in [1.29, 1.82) is 0 Å². The predicted molar refractivity (Wildman–Crippen MR) is 77.7 cm³/mol. The lowest BCUT2D eigenvalue weighted by Crippen LogP contribution is -2.39. The summed E-state index contributed by atoms with van der Waals surface area (Å²) < 4.78 is 5.38. The summed E-state index contributed by atoms with van der Waals surface area (Å²) in [5.74, 6) is 0.904. The molecule has 0 aliphatic rings. The average Bonchev–Trinajstić information content (AvgIpc) is 2.28. The number of halogens is 1. The fraction of sp³-hybridized carbons (Fsp3) is 0.571. The maximum Gasteiger partial charge on any atom is 0.122 e. The Hall–Kier alpha value is -0.770. The van der Waals surface area contributed by atoms with Crippen LogP contribution in [0.4, 0.5) is 0 Å². The first kappa shape index (κ1) is 15.3. The first-order valence-corrected chi connectivity index (χ1v) is 6.65. The van der Waals surface area contributed by atoms with E-state index in [1.54, 1.807) is 7.11 Å². The zero-order valence-electron chi connectivity index (χ0n) is 11.7. The van der Waals surface area contributed by atoms with E-state index in [1.165, 1.54) is 0 Å². The minimum absolute atomic E-state index is 0.400. The molecule has 0 aliphatic carbocycles. The van der Waals surface area contributed by atoms with Crippen LogP contribution >= 0.6 is 11.6 Å². The third-order valence-corrected chi connectivity index (χ3v) is 3.02. The van der Waals surface area contributed by atoms with Crippen molar-refractivity contribution in [1.82, 2.24) is 10.2 Å². The fourth-order valence-corrected chi connectivity index (χ4v) is 2.30. The smallest absolute Gasteiger partial charge is 0.122 e. The van der Waals surface area contributed by atoms with Crippen LogP contribution in [-0.2, 0) is 6.42 Å². The molecule has 0 amide bonds. The second kappa shape index (κ2) is 7.62. The van der Waals surface area contributed by atoms with Gasteiger partial charge in [0.25, 0.3) is 0 Å². The average molecular weight is 271 g/mol. The highest BCUT2D eigenvalue weighted by molar-refractivity contribution is 6.30. The van der Waals surface area contributed by atoms with Crippen molar-refractivity contribution in [2.45, 2.75) is 19.4 Å². The Bertz CT molecular complexity index is 369. The summed E-state index contributed by atoms with van der Waals surface area (Å²) in [7, 11) is 5.86. The van der Waals surface area contributed by atoms with Gasteiger partial charge in [-0.25, -0.2) is 0 Å². The molecule has 0 heterocycles. The molecule has 0 fully saturated rings. The maximum atomic E-state index is 6.05. The van der Waals surface area contributed by atoms with Crippen LogP contribution in [0.1, 0.15) is 12.5 Å². The molecule has 3 nitrogen and oxygen atoms in total. The second-order valence-corrected chi connectivity index (χ2v) is 5.11. The lowest BCUT2D eigenvalue weighted by atomic mass is 10.0. The summed E-state index contributed by atoms with van der Waals surface area (Å²) in [6, 6.07) is 6.17. The molecule has 1 atom stereocenters. The van der Waals surface area contributed by atoms with E-state index in [-0.39, 0.29) is 0 Å². The number of hydrogen-bond acceptors (Lipinski definition) is 3. The number of hydrogen-bond donors (Lipinski definition) is 1. The van der Waals surface area contributed by atoms with Crippen LogP contribution in [0.25, 0.3) is 0 Å². The van der Waals surface area contributed by atoms with Crippen LogP contribution in [0.3, 0.4) is 0 Å². The van der Waals surface area contributed by atoms with Gasteiger partial charge >= 0.3 is 0 Å². The molecule has 0 radical (unpaired) electrons. The summed E-state index contributed by atoms with van der Waals surface area (Å²) in [4.78, 5) is 2.18. The first-order valence-electron chi connectivity index (χ1n) is 6.27. The van der Waals surface area contributed by atoms with Gasteiger partial charge in [-0.1, -0.05) is 18.5 Å². The van der Waals surface area contributed by atoms with E-state index in [0.29, 0.717) is 6.04 Å². The van der Waals surface area contributed by atoms with Crippen LogP contribution in [0.15, 0.2) is 18.2 Å². The molecular weight excluding hydrogens is 248 g/mol. The van der Waals surface area contributed by atoms with E-state index in [0.717, 1.165) is 35.8 Å². The molecule has 1 unspecified atom stereocenters. The SMILES string of the molecule is CCNC(Cc1cc(Cl)ccc1OC)CN(C)C. The van der Waals surface area contributed by atoms with Crippen molar-refractivity contribution in [3.05, 3.63) is 28.8 Å². The molecule has 0 saturated heterocycles. The van der Waals surface area contributed by atoms with Crippen LogP contribution in [0.5, 0.6) is 5.75 Å². The van der Waals surface area contributed by atoms with E-state index >= 15 is 0 Å². The molecule has 0 bridgehead atoms. The Morgan fingerprint density at radius 1 is 1.39 bits per heavy atom. The molecule has 1 aromatic rings. The van der Waals surface area contributed by atoms with Crippen LogP contribution in [0.2, 0.25) is 5.02 Å². The fourth-order valence-electron chi connectivity index (χ4n) is 2.10. The Morgan fingerprint density at radius 2 is 2.11 bits per heavy atom. The van der Waals surface area contributed by atoms with Gasteiger partial charge in [-0.2, -0.15) is 0 Å². The van der Waals surface area contributed by atoms with Gasteiger partial charge in [0.2, 0.25) is 0 Å². The highest BCUT2D eigenvalue weighted by Crippen LogP contribution is 2.23. The molecule has 0 spiro atoms. The number of rotatable bonds is 7. The van der Waals surface area contributed by atoms with Gasteiger partial charge in [0.05, 0.1) is 7.11 Å². The number of nitrogens with one attached hydrogen (secondary N) is 1. The maximum absolute atomic E-state index is 6.05. The number of methoxy groups -OCH3 is 1. The number of nitrogens with zero attached hydrogens (tertiary/aromatic N) is 1. The molecule has 18 heavy (non-hydrogen) atoms. The number of benzene rings is 1. The van der Waals surface area contributed by atoms with Crippen LogP contribution < -0.4 is 10.1 Å². The van der Waals surface area contributed by atoms with Crippen LogP contribution in [-0.4, -0.2) is 45.2 Å². The van der Waals surface area contributed by atoms with Gasteiger partial charge in [0.15, 0.2) is 0 Å². The standard InChI is InChI=1S/C14H23ClN2O/c1-5-16-13(10-17(2)3)9-11-8-12(15)6-7-14(11)18-4/h6-8,13,16H,5,9-10H2,1-4H3. The normalized spacial score (nSPS) is 12.8. The minimum atomic E-state index is 0.400. The molecule has 0 aliphatic heterocycles. The third-order valence-electron chi connectivity index (χ3n) is 2.79. The van der Waals surface area contributed by atoms with Crippen LogP contribution in [0, 0.1) is 0 Å². The molecule has 102 valence electrons. The molecule has 0 saturated carbocycles. The van der Waals surface area contributed by atoms with Crippen molar-refractivity contribution >= 4 is 11.6 Å². The Labute approximate surface area is 115 Å². The summed E-state index contributed by atoms with van der Waals surface area (Å²) >= 11 is 6.05. The highest BCUT2D eigenvalue weighted by Gasteiger charge is 2.13. The van der Waals surface area contributed by atoms with Gasteiger partial charge in [-0.05, 0) is 50.8 Å². The molecular formula is C14H23ClN2O. The lowest BCUT2D eigenvalue weighted by Gasteiger charge is -2.22. The van der Waals surface area contributed by atoms with E-state index in [9.17, 15) is 0 Å². The van der Waals surface area contributed by atoms with Crippen molar-refractivity contribution < 1.29 is 4.74 Å². The first-order chi connectivity index (χ1) is 8.56. The van der Waals surface area contributed by atoms with Crippen molar-refractivity contribution in [2.75, 3.05) is 34.3 Å². The highest BCUT2D eigenvalue weighted by atomic mass is 35.5. The summed E-state index contributed by atoms with van der Waals surface area (Å²) in [6.45, 7) is 4.07. The van der Waals surface area contributed by atoms with E-state index in [4.69, 9.17) is 16.3 Å². The number of likely N-dealkylation sites (N-methyl/N-ethyl adjacent to an activating group) is 2. The van der Waals surface area contributed by atoms with E-state index in [1.807, 2.05) is 18.2 Å². The topological polar surface area (TPSA) is 24.5 Å². The second-order valence-electron chi connectivity index (χ2n) is 4.68.